The molecule has 0 saturated heterocycles. The molecule has 4 heterocycles. The second-order valence-electron chi connectivity index (χ2n) is 24.0. The molecule has 0 unspecified atom stereocenters. The van der Waals surface area contributed by atoms with Crippen molar-refractivity contribution in [3.63, 3.8) is 0 Å². The fraction of sp³-hybridized carbons (Fsp3) is 0.364. The monoisotopic (exact) mass is 917 g/mol. The van der Waals surface area contributed by atoms with Gasteiger partial charge in [0.2, 0.25) is 13.4 Å². The van der Waals surface area contributed by atoms with Gasteiger partial charge in [0.25, 0.3) is 0 Å². The molecule has 0 fully saturated rings. The SMILES string of the molecule is CC(C)c1ccc2c(c1)c1cc(C(C)C)cc3c1n2-c1cc2c(cc1B3c1c(C(C)C)cccc1C(C)C)-n1c3ccc(C(C)C)cc3c3cc(C(C)C)cc(c31)B2c1c(C(C)C)cccc1C(C)C. The van der Waals surface area contributed by atoms with Gasteiger partial charge in [-0.15, -0.1) is 0 Å². The Balaban J connectivity index is 1.40. The first-order valence-corrected chi connectivity index (χ1v) is 27.0. The summed E-state index contributed by atoms with van der Waals surface area (Å²) in [6.45, 7) is 38.2. The molecule has 0 aliphatic carbocycles. The first-order valence-electron chi connectivity index (χ1n) is 27.0. The molecule has 0 spiro atoms. The van der Waals surface area contributed by atoms with E-state index in [-0.39, 0.29) is 13.4 Å². The van der Waals surface area contributed by atoms with Gasteiger partial charge in [0.1, 0.15) is 0 Å². The van der Waals surface area contributed by atoms with Crippen LogP contribution in [-0.2, 0) is 0 Å². The number of aromatic nitrogens is 2. The third kappa shape index (κ3) is 6.88. The molecule has 0 amide bonds. The molecule has 0 radical (unpaired) electrons. The highest BCUT2D eigenvalue weighted by molar-refractivity contribution is 7.00. The second-order valence-corrected chi connectivity index (χ2v) is 24.0. The molecule has 0 bridgehead atoms. The van der Waals surface area contributed by atoms with Gasteiger partial charge in [-0.25, -0.2) is 0 Å². The van der Waals surface area contributed by atoms with Gasteiger partial charge in [-0.1, -0.05) is 182 Å². The standard InChI is InChI=1S/C66H74B2N2/c1-35(2)43-23-25-59-51(27-43)53-29-45(37(5)6)31-57-65(53)69(59)61-33-56-62(34-55(61)67(57)63-47(39(9)10)19-17-20-48(63)40(11)12)70-60-26-24-44(36(3)4)28-52(60)54-30-46(38(7)8)32-58(66(54)70)68(56)64-49(41(13)14)21-18-22-50(64)42(15)16/h17-42H,1-16H3. The quantitative estimate of drug-likeness (QED) is 0.121. The third-order valence-electron chi connectivity index (χ3n) is 16.9. The van der Waals surface area contributed by atoms with Crippen molar-refractivity contribution in [1.82, 2.24) is 9.13 Å². The Labute approximate surface area is 420 Å². The van der Waals surface area contributed by atoms with Crippen molar-refractivity contribution in [1.29, 1.82) is 0 Å². The van der Waals surface area contributed by atoms with E-state index in [1.165, 1.54) is 132 Å². The van der Waals surface area contributed by atoms with Gasteiger partial charge in [-0.2, -0.15) is 0 Å². The van der Waals surface area contributed by atoms with Crippen LogP contribution < -0.4 is 32.8 Å². The van der Waals surface area contributed by atoms with Crippen LogP contribution in [0.15, 0.2) is 109 Å². The molecule has 354 valence electrons. The van der Waals surface area contributed by atoms with E-state index in [4.69, 9.17) is 0 Å². The zero-order chi connectivity index (χ0) is 49.5. The van der Waals surface area contributed by atoms with E-state index in [0.717, 1.165) is 0 Å². The van der Waals surface area contributed by atoms with E-state index in [0.29, 0.717) is 47.3 Å². The molecular weight excluding hydrogens is 842 g/mol. The van der Waals surface area contributed by atoms with E-state index in [9.17, 15) is 0 Å². The van der Waals surface area contributed by atoms with Crippen LogP contribution in [0.4, 0.5) is 0 Å². The molecular formula is C66H74B2N2. The molecule has 4 heteroatoms. The molecule has 2 aliphatic rings. The first-order chi connectivity index (χ1) is 33.4. The minimum Gasteiger partial charge on any atom is -0.310 e. The summed E-state index contributed by atoms with van der Waals surface area (Å²) in [6.07, 6.45) is 0. The van der Waals surface area contributed by atoms with E-state index in [2.05, 4.69) is 229 Å². The fourth-order valence-electron chi connectivity index (χ4n) is 13.1. The fourth-order valence-corrected chi connectivity index (χ4v) is 13.1. The molecule has 7 aromatic carbocycles. The van der Waals surface area contributed by atoms with Crippen LogP contribution in [0.5, 0.6) is 0 Å². The van der Waals surface area contributed by atoms with Gasteiger partial charge >= 0.3 is 0 Å². The number of hydrogen-bond donors (Lipinski definition) is 0. The highest BCUT2D eigenvalue weighted by Gasteiger charge is 2.43. The molecule has 2 aromatic heterocycles. The molecule has 2 aliphatic heterocycles. The van der Waals surface area contributed by atoms with E-state index in [1.54, 1.807) is 0 Å². The van der Waals surface area contributed by atoms with Crippen LogP contribution in [0.3, 0.4) is 0 Å². The lowest BCUT2D eigenvalue weighted by Crippen LogP contribution is -2.61. The van der Waals surface area contributed by atoms with E-state index >= 15 is 0 Å². The Bertz CT molecular complexity index is 3300. The van der Waals surface area contributed by atoms with Crippen molar-refractivity contribution in [2.75, 3.05) is 0 Å². The first kappa shape index (κ1) is 46.6. The number of rotatable bonds is 10. The van der Waals surface area contributed by atoms with Crippen molar-refractivity contribution >= 4 is 89.8 Å². The van der Waals surface area contributed by atoms with Crippen LogP contribution in [0.2, 0.25) is 0 Å². The summed E-state index contributed by atoms with van der Waals surface area (Å²) in [5.74, 6) is 3.04. The molecule has 0 N–H and O–H groups in total. The molecule has 0 atom stereocenters. The summed E-state index contributed by atoms with van der Waals surface area (Å²) in [7, 11) is 0. The normalized spacial score (nSPS) is 13.5. The Morgan fingerprint density at radius 2 is 0.614 bits per heavy atom. The topological polar surface area (TPSA) is 9.86 Å². The van der Waals surface area contributed by atoms with Crippen molar-refractivity contribution in [3.8, 4) is 11.4 Å². The Morgan fingerprint density at radius 1 is 0.300 bits per heavy atom. The van der Waals surface area contributed by atoms with Gasteiger partial charge in [0, 0.05) is 44.0 Å². The second kappa shape index (κ2) is 17.0. The third-order valence-corrected chi connectivity index (χ3v) is 16.9. The largest absolute Gasteiger partial charge is 0.310 e. The average Bonchev–Trinajstić information content (AvgIpc) is 3.84. The van der Waals surface area contributed by atoms with Crippen LogP contribution in [-0.4, -0.2) is 22.6 Å². The lowest BCUT2D eigenvalue weighted by Gasteiger charge is -2.36. The summed E-state index contributed by atoms with van der Waals surface area (Å²) in [5, 5.41) is 5.50. The van der Waals surface area contributed by atoms with Gasteiger partial charge in [-0.05, 0) is 162 Å². The average molecular weight is 917 g/mol. The number of benzene rings is 7. The van der Waals surface area contributed by atoms with Gasteiger partial charge < -0.3 is 9.13 Å². The minimum absolute atomic E-state index is 0.0288. The van der Waals surface area contributed by atoms with Crippen LogP contribution in [0.1, 0.15) is 203 Å². The summed E-state index contributed by atoms with van der Waals surface area (Å²) in [4.78, 5) is 0. The lowest BCUT2D eigenvalue weighted by atomic mass is 9.31. The molecule has 2 nitrogen and oxygen atoms in total. The maximum atomic E-state index is 2.72. The van der Waals surface area contributed by atoms with E-state index < -0.39 is 0 Å². The summed E-state index contributed by atoms with van der Waals surface area (Å²) in [6, 6.07) is 45.0. The van der Waals surface area contributed by atoms with Crippen molar-refractivity contribution in [2.45, 2.75) is 158 Å². The number of nitrogens with zero attached hydrogens (tertiary/aromatic N) is 2. The zero-order valence-electron chi connectivity index (χ0n) is 45.1. The van der Waals surface area contributed by atoms with Gasteiger partial charge in [-0.3, -0.25) is 0 Å². The van der Waals surface area contributed by atoms with Crippen molar-refractivity contribution in [2.24, 2.45) is 0 Å². The Hall–Kier alpha value is -5.73. The van der Waals surface area contributed by atoms with Crippen LogP contribution in [0, 0.1) is 0 Å². The summed E-state index contributed by atoms with van der Waals surface area (Å²) >= 11 is 0. The Morgan fingerprint density at radius 3 is 0.914 bits per heavy atom. The molecule has 11 rings (SSSR count). The maximum Gasteiger partial charge on any atom is 0.247 e. The summed E-state index contributed by atoms with van der Waals surface area (Å²) < 4.78 is 5.45. The maximum absolute atomic E-state index is 2.72. The van der Waals surface area contributed by atoms with Crippen LogP contribution >= 0.6 is 0 Å². The minimum atomic E-state index is 0.0288. The molecule has 0 saturated carbocycles. The molecule has 70 heavy (non-hydrogen) atoms. The van der Waals surface area contributed by atoms with Crippen molar-refractivity contribution < 1.29 is 0 Å². The highest BCUT2D eigenvalue weighted by atomic mass is 15.0. The van der Waals surface area contributed by atoms with Gasteiger partial charge in [0.15, 0.2) is 0 Å². The zero-order valence-corrected chi connectivity index (χ0v) is 45.1. The Kier molecular flexibility index (Phi) is 11.3. The smallest absolute Gasteiger partial charge is 0.247 e. The predicted octanol–water partition coefficient (Wildman–Crippen LogP) is 14.5. The number of hydrogen-bond acceptors (Lipinski definition) is 0. The number of fused-ring (bicyclic) bond motifs is 10. The molecule has 9 aromatic rings. The predicted molar refractivity (Wildman–Crippen MR) is 310 cm³/mol. The van der Waals surface area contributed by atoms with E-state index in [1.807, 2.05) is 0 Å². The highest BCUT2D eigenvalue weighted by Crippen LogP contribution is 2.41. The van der Waals surface area contributed by atoms with Crippen molar-refractivity contribution in [3.05, 3.63) is 154 Å². The lowest BCUT2D eigenvalue weighted by molar-refractivity contribution is 0.844. The van der Waals surface area contributed by atoms with Crippen LogP contribution in [0.25, 0.3) is 55.0 Å². The van der Waals surface area contributed by atoms with Gasteiger partial charge in [0.05, 0.1) is 11.0 Å². The summed E-state index contributed by atoms with van der Waals surface area (Å²) in [5.41, 5.74) is 28.2.